The van der Waals surface area contributed by atoms with E-state index in [-0.39, 0.29) is 58.6 Å². The summed E-state index contributed by atoms with van der Waals surface area (Å²) in [6.45, 7) is 5.55. The number of aromatic nitrogens is 2. The minimum absolute atomic E-state index is 0.00232. The molecule has 1 amide bonds. The Kier molecular flexibility index (Phi) is 12.5. The van der Waals surface area contributed by atoms with E-state index in [1.165, 1.54) is 65.2 Å². The Morgan fingerprint density at radius 2 is 1.83 bits per heavy atom. The van der Waals surface area contributed by atoms with Gasteiger partial charge >= 0.3 is 0 Å². The van der Waals surface area contributed by atoms with Gasteiger partial charge in [0.25, 0.3) is 26.0 Å². The number of hydrogen-bond donors (Lipinski definition) is 2. The summed E-state index contributed by atoms with van der Waals surface area (Å²) in [6.07, 6.45) is 4.04. The molecule has 2 N–H and O–H groups in total. The number of fused-ring (bicyclic) bond motifs is 1. The number of carbonyl (C=O) groups excluding carboxylic acids is 1. The number of aliphatic hydroxyl groups excluding tert-OH is 1. The Labute approximate surface area is 287 Å². The number of sulfonamides is 2. The Bertz CT molecular complexity index is 1770. The van der Waals surface area contributed by atoms with Crippen LogP contribution >= 0.6 is 11.6 Å². The molecule has 0 bridgehead atoms. The highest BCUT2D eigenvalue weighted by molar-refractivity contribution is 7.92. The average molecular weight is 726 g/mol. The van der Waals surface area contributed by atoms with E-state index in [0.29, 0.717) is 24.5 Å². The van der Waals surface area contributed by atoms with Gasteiger partial charge in [0.2, 0.25) is 0 Å². The summed E-state index contributed by atoms with van der Waals surface area (Å²) in [4.78, 5) is 19.8. The zero-order valence-electron chi connectivity index (χ0n) is 27.7. The van der Waals surface area contributed by atoms with Gasteiger partial charge in [0.15, 0.2) is 5.03 Å². The van der Waals surface area contributed by atoms with Crippen molar-refractivity contribution in [2.24, 2.45) is 13.0 Å². The molecule has 0 aliphatic carbocycles. The van der Waals surface area contributed by atoms with Crippen LogP contribution in [0.3, 0.4) is 0 Å². The van der Waals surface area contributed by atoms with E-state index in [4.69, 9.17) is 21.1 Å². The molecule has 1 aliphatic rings. The van der Waals surface area contributed by atoms with Crippen molar-refractivity contribution in [1.82, 2.24) is 18.8 Å². The molecule has 264 valence electrons. The molecule has 2 heterocycles. The average Bonchev–Trinajstić information content (AvgIpc) is 3.49. The number of anilines is 1. The first kappa shape index (κ1) is 37.6. The van der Waals surface area contributed by atoms with E-state index >= 15 is 0 Å². The predicted octanol–water partition coefficient (Wildman–Crippen LogP) is 3.99. The van der Waals surface area contributed by atoms with Crippen LogP contribution in [0.2, 0.25) is 5.02 Å². The monoisotopic (exact) mass is 725 g/mol. The summed E-state index contributed by atoms with van der Waals surface area (Å²) in [7, 11) is -4.78. The van der Waals surface area contributed by atoms with Crippen molar-refractivity contribution in [3.63, 3.8) is 0 Å². The van der Waals surface area contributed by atoms with Crippen LogP contribution < -0.4 is 9.46 Å². The lowest BCUT2D eigenvalue weighted by Gasteiger charge is -2.35. The maximum atomic E-state index is 14.3. The van der Waals surface area contributed by atoms with Crippen molar-refractivity contribution in [2.45, 2.75) is 68.2 Å². The lowest BCUT2D eigenvalue weighted by atomic mass is 10.0. The molecule has 1 aliphatic heterocycles. The molecule has 4 rings (SSSR count). The Morgan fingerprint density at radius 3 is 2.48 bits per heavy atom. The number of carbonyl (C=O) groups is 1. The number of likely N-dealkylation sites (N-methyl/N-ethyl adjacent to an activating group) is 1. The fourth-order valence-electron chi connectivity index (χ4n) is 5.31. The molecule has 16 heteroatoms. The smallest absolute Gasteiger partial charge is 0.261 e. The van der Waals surface area contributed by atoms with E-state index < -0.39 is 38.1 Å². The van der Waals surface area contributed by atoms with Gasteiger partial charge in [0, 0.05) is 56.6 Å². The van der Waals surface area contributed by atoms with Crippen LogP contribution in [-0.2, 0) is 31.8 Å². The van der Waals surface area contributed by atoms with E-state index in [0.717, 1.165) is 6.42 Å². The second-order valence-corrected chi connectivity index (χ2v) is 16.3. The van der Waals surface area contributed by atoms with Crippen molar-refractivity contribution in [2.75, 3.05) is 38.1 Å². The molecule has 13 nitrogen and oxygen atoms in total. The number of imidazole rings is 1. The maximum absolute atomic E-state index is 14.3. The molecule has 48 heavy (non-hydrogen) atoms. The number of aliphatic hydroxyl groups is 1. The molecule has 0 saturated heterocycles. The first-order valence-corrected chi connectivity index (χ1v) is 19.0. The molecule has 0 fully saturated rings. The number of aryl methyl sites for hydroxylation is 1. The zero-order chi connectivity index (χ0) is 35.2. The van der Waals surface area contributed by atoms with Crippen LogP contribution in [0.5, 0.6) is 5.75 Å². The Balaban J connectivity index is 1.68. The third kappa shape index (κ3) is 9.27. The van der Waals surface area contributed by atoms with Crippen molar-refractivity contribution in [3.05, 3.63) is 65.6 Å². The summed E-state index contributed by atoms with van der Waals surface area (Å²) in [5.41, 5.74) is 0.247. The second kappa shape index (κ2) is 16.0. The van der Waals surface area contributed by atoms with E-state index in [1.807, 2.05) is 13.8 Å². The first-order chi connectivity index (χ1) is 22.6. The van der Waals surface area contributed by atoms with E-state index in [2.05, 4.69) is 9.71 Å². The van der Waals surface area contributed by atoms with Gasteiger partial charge in [-0.2, -0.15) is 4.31 Å². The van der Waals surface area contributed by atoms with Gasteiger partial charge in [-0.25, -0.2) is 21.8 Å². The number of nitrogens with zero attached hydrogens (tertiary/aromatic N) is 4. The molecule has 0 saturated carbocycles. The Morgan fingerprint density at radius 1 is 1.12 bits per heavy atom. The molecule has 2 aromatic carbocycles. The fraction of sp³-hybridized carbons (Fsp3) is 0.500. The van der Waals surface area contributed by atoms with Crippen molar-refractivity contribution in [3.8, 4) is 5.75 Å². The van der Waals surface area contributed by atoms with Gasteiger partial charge < -0.3 is 24.0 Å². The summed E-state index contributed by atoms with van der Waals surface area (Å²) in [5, 5.41) is 10.5. The second-order valence-electron chi connectivity index (χ2n) is 12.2. The highest BCUT2D eigenvalue weighted by Gasteiger charge is 2.33. The number of amides is 1. The van der Waals surface area contributed by atoms with E-state index in [1.54, 1.807) is 24.6 Å². The minimum atomic E-state index is -4.02. The quantitative estimate of drug-likeness (QED) is 0.333. The molecule has 4 atom stereocenters. The van der Waals surface area contributed by atoms with Crippen LogP contribution in [0.15, 0.2) is 64.9 Å². The third-order valence-corrected chi connectivity index (χ3v) is 11.6. The van der Waals surface area contributed by atoms with Gasteiger partial charge in [-0.1, -0.05) is 18.5 Å². The van der Waals surface area contributed by atoms with Crippen LogP contribution in [0.4, 0.5) is 5.69 Å². The molecule has 0 radical (unpaired) electrons. The standard InChI is InChI=1S/C32H44ClN5O8S2/c1-22-17-38(23(2)20-39)32(40)28-16-26(35-47(41,42)27-12-9-25(33)10-13-27)11-14-29(28)46-24(3)8-6-7-15-45-30(22)18-37(5)48(43,44)31-19-36(4)21-34-31/h9-14,16,19,21-24,30,35,39H,6-8,15,17-18,20H2,1-5H3/t22-,23+,24-,30-/m1/s1. The van der Waals surface area contributed by atoms with Gasteiger partial charge in [0.05, 0.1) is 41.6 Å². The minimum Gasteiger partial charge on any atom is -0.490 e. The largest absolute Gasteiger partial charge is 0.490 e. The van der Waals surface area contributed by atoms with Crippen LogP contribution in [0.1, 0.15) is 50.4 Å². The maximum Gasteiger partial charge on any atom is 0.261 e. The zero-order valence-corrected chi connectivity index (χ0v) is 30.1. The fourth-order valence-corrected chi connectivity index (χ4v) is 7.63. The highest BCUT2D eigenvalue weighted by Crippen LogP contribution is 2.30. The molecule has 0 spiro atoms. The van der Waals surface area contributed by atoms with Crippen molar-refractivity contribution >= 4 is 43.2 Å². The van der Waals surface area contributed by atoms with Crippen LogP contribution in [0, 0.1) is 5.92 Å². The van der Waals surface area contributed by atoms with Crippen LogP contribution in [0.25, 0.3) is 0 Å². The molecule has 1 aromatic heterocycles. The lowest BCUT2D eigenvalue weighted by Crippen LogP contribution is -2.48. The summed E-state index contributed by atoms with van der Waals surface area (Å²) < 4.78 is 70.7. The van der Waals surface area contributed by atoms with Gasteiger partial charge in [0.1, 0.15) is 5.75 Å². The normalized spacial score (nSPS) is 20.9. The molecule has 3 aromatic rings. The van der Waals surface area contributed by atoms with Gasteiger partial charge in [-0.05, 0) is 75.6 Å². The number of hydrogen-bond acceptors (Lipinski definition) is 9. The van der Waals surface area contributed by atoms with Crippen molar-refractivity contribution in [1.29, 1.82) is 0 Å². The van der Waals surface area contributed by atoms with Gasteiger partial charge in [-0.3, -0.25) is 9.52 Å². The molecule has 0 unspecified atom stereocenters. The van der Waals surface area contributed by atoms with Gasteiger partial charge in [-0.15, -0.1) is 0 Å². The first-order valence-electron chi connectivity index (χ1n) is 15.7. The number of benzene rings is 2. The topological polar surface area (TPSA) is 160 Å². The Hall–Kier alpha value is -3.21. The van der Waals surface area contributed by atoms with E-state index in [9.17, 15) is 26.7 Å². The van der Waals surface area contributed by atoms with Crippen molar-refractivity contribution < 1.29 is 36.2 Å². The van der Waals surface area contributed by atoms with Crippen LogP contribution in [-0.4, -0.2) is 98.2 Å². The number of halogens is 1. The molecular formula is C32H44ClN5O8S2. The predicted molar refractivity (Wildman–Crippen MR) is 182 cm³/mol. The molecular weight excluding hydrogens is 682 g/mol. The number of ether oxygens (including phenoxy) is 2. The SMILES string of the molecule is C[C@@H]1CCCCO[C@H](CN(C)S(=O)(=O)c2cn(C)cn2)[C@H](C)CN([C@@H](C)CO)C(=O)c2cc(NS(=O)(=O)c3ccc(Cl)cc3)ccc2O1. The summed E-state index contributed by atoms with van der Waals surface area (Å²) >= 11 is 5.94. The summed E-state index contributed by atoms with van der Waals surface area (Å²) in [6, 6.07) is 9.55. The third-order valence-electron chi connectivity index (χ3n) is 8.22. The number of nitrogens with one attached hydrogen (secondary N) is 1. The highest BCUT2D eigenvalue weighted by atomic mass is 35.5. The number of rotatable bonds is 9. The summed E-state index contributed by atoms with van der Waals surface area (Å²) in [5.74, 6) is -0.610. The lowest BCUT2D eigenvalue weighted by molar-refractivity contribution is -0.00835.